The highest BCUT2D eigenvalue weighted by Gasteiger charge is 2.23. The molecular weight excluding hydrogens is 418 g/mol. The van der Waals surface area contributed by atoms with Gasteiger partial charge in [0.1, 0.15) is 16.7 Å². The van der Waals surface area contributed by atoms with Gasteiger partial charge < -0.3 is 5.32 Å². The third-order valence-corrected chi connectivity index (χ3v) is 4.63. The van der Waals surface area contributed by atoms with Crippen LogP contribution in [0.5, 0.6) is 0 Å². The summed E-state index contributed by atoms with van der Waals surface area (Å²) in [6.45, 7) is 0. The minimum Gasteiger partial charge on any atom is -0.338 e. The topological polar surface area (TPSA) is 42.2 Å². The zero-order chi connectivity index (χ0) is 16.8. The number of anilines is 1. The van der Waals surface area contributed by atoms with Crippen LogP contribution < -0.4 is 5.32 Å². The number of rotatable bonds is 1. The van der Waals surface area contributed by atoms with E-state index in [2.05, 4.69) is 31.3 Å². The molecular formula is C16H8BrCl2FN4. The summed E-state index contributed by atoms with van der Waals surface area (Å²) in [6.07, 6.45) is 1.50. The average molecular weight is 426 g/mol. The van der Waals surface area contributed by atoms with Crippen LogP contribution in [0.2, 0.25) is 10.0 Å². The van der Waals surface area contributed by atoms with E-state index in [4.69, 9.17) is 23.2 Å². The van der Waals surface area contributed by atoms with Gasteiger partial charge in [-0.05, 0) is 30.3 Å². The number of aliphatic imine (C=N–C) groups is 1. The Labute approximate surface area is 155 Å². The fourth-order valence-electron chi connectivity index (χ4n) is 2.49. The molecule has 1 N–H and O–H groups in total. The first-order chi connectivity index (χ1) is 11.5. The molecule has 4 rings (SSSR count). The molecule has 0 amide bonds. The third kappa shape index (κ3) is 2.51. The van der Waals surface area contributed by atoms with Gasteiger partial charge in [0.15, 0.2) is 5.82 Å². The van der Waals surface area contributed by atoms with Crippen LogP contribution in [0.1, 0.15) is 5.56 Å². The predicted molar refractivity (Wildman–Crippen MR) is 97.5 cm³/mol. The predicted octanol–water partition coefficient (Wildman–Crippen LogP) is 5.58. The molecule has 1 aliphatic rings. The molecule has 8 heteroatoms. The molecule has 1 aliphatic heterocycles. The van der Waals surface area contributed by atoms with Crippen molar-refractivity contribution in [2.45, 2.75) is 0 Å². The van der Waals surface area contributed by atoms with Crippen LogP contribution in [0.4, 0.5) is 15.9 Å². The molecule has 0 bridgehead atoms. The van der Waals surface area contributed by atoms with E-state index in [-0.39, 0.29) is 16.4 Å². The lowest BCUT2D eigenvalue weighted by atomic mass is 10.1. The Hall–Kier alpha value is -1.89. The number of amidine groups is 1. The summed E-state index contributed by atoms with van der Waals surface area (Å²) in [4.78, 5) is 4.47. The first kappa shape index (κ1) is 15.6. The minimum atomic E-state index is -0.475. The van der Waals surface area contributed by atoms with E-state index >= 15 is 0 Å². The first-order valence-corrected chi connectivity index (χ1v) is 8.43. The highest BCUT2D eigenvalue weighted by atomic mass is 79.9. The van der Waals surface area contributed by atoms with E-state index in [0.29, 0.717) is 16.5 Å². The lowest BCUT2D eigenvalue weighted by Gasteiger charge is -2.12. The van der Waals surface area contributed by atoms with Crippen molar-refractivity contribution in [1.82, 2.24) is 9.78 Å². The van der Waals surface area contributed by atoms with Crippen LogP contribution in [0.15, 0.2) is 52.1 Å². The van der Waals surface area contributed by atoms with Crippen LogP contribution in [0.25, 0.3) is 5.69 Å². The summed E-state index contributed by atoms with van der Waals surface area (Å²) in [5.74, 6) is 0.189. The lowest BCUT2D eigenvalue weighted by molar-refractivity contribution is 0.625. The first-order valence-electron chi connectivity index (χ1n) is 6.88. The molecule has 24 heavy (non-hydrogen) atoms. The summed E-state index contributed by atoms with van der Waals surface area (Å²) in [7, 11) is 0. The number of benzene rings is 2. The van der Waals surface area contributed by atoms with E-state index in [1.54, 1.807) is 16.8 Å². The van der Waals surface area contributed by atoms with E-state index in [0.717, 1.165) is 10.2 Å². The number of nitrogens with zero attached hydrogens (tertiary/aromatic N) is 3. The largest absolute Gasteiger partial charge is 0.338 e. The second-order valence-corrected chi connectivity index (χ2v) is 6.80. The van der Waals surface area contributed by atoms with Gasteiger partial charge in [0.2, 0.25) is 0 Å². The lowest BCUT2D eigenvalue weighted by Crippen LogP contribution is -2.15. The van der Waals surface area contributed by atoms with Crippen molar-refractivity contribution in [3.8, 4) is 5.69 Å². The van der Waals surface area contributed by atoms with Crippen LogP contribution >= 0.6 is 39.1 Å². The standard InChI is InChI=1S/C16H8BrCl2FN4/c17-8-4-5-12-13(6-8)24-16(10(19)7-21-24)23-15(22-12)14-9(18)2-1-3-11(14)20/h1-7H,(H,22,23). The molecule has 0 aliphatic carbocycles. The number of halogens is 4. The van der Waals surface area contributed by atoms with Gasteiger partial charge >= 0.3 is 0 Å². The fraction of sp³-hybridized carbons (Fsp3) is 0. The monoisotopic (exact) mass is 424 g/mol. The van der Waals surface area contributed by atoms with E-state index in [1.165, 1.54) is 12.3 Å². The molecule has 120 valence electrons. The average Bonchev–Trinajstić information content (AvgIpc) is 2.81. The third-order valence-electron chi connectivity index (χ3n) is 3.56. The molecule has 3 aromatic rings. The highest BCUT2D eigenvalue weighted by molar-refractivity contribution is 9.10. The molecule has 0 spiro atoms. The molecule has 0 radical (unpaired) electrons. The SMILES string of the molecule is Fc1cccc(Cl)c1C1=Nc2c(Cl)cnn2-c2cc(Br)ccc2N1. The van der Waals surface area contributed by atoms with Crippen LogP contribution in [0.3, 0.4) is 0 Å². The Bertz CT molecular complexity index is 979. The summed E-state index contributed by atoms with van der Waals surface area (Å²) >= 11 is 15.8. The molecule has 0 saturated carbocycles. The minimum absolute atomic E-state index is 0.179. The van der Waals surface area contributed by atoms with Crippen molar-refractivity contribution in [2.24, 2.45) is 4.99 Å². The van der Waals surface area contributed by atoms with Crippen molar-refractivity contribution in [1.29, 1.82) is 0 Å². The molecule has 0 unspecified atom stereocenters. The van der Waals surface area contributed by atoms with Crippen molar-refractivity contribution in [3.05, 3.63) is 68.5 Å². The highest BCUT2D eigenvalue weighted by Crippen LogP contribution is 2.36. The second-order valence-electron chi connectivity index (χ2n) is 5.07. The zero-order valence-corrected chi connectivity index (χ0v) is 15.0. The fourth-order valence-corrected chi connectivity index (χ4v) is 3.26. The number of hydrogen-bond donors (Lipinski definition) is 1. The zero-order valence-electron chi connectivity index (χ0n) is 11.9. The van der Waals surface area contributed by atoms with E-state index in [9.17, 15) is 4.39 Å². The van der Waals surface area contributed by atoms with E-state index in [1.807, 2.05) is 18.2 Å². The molecule has 0 saturated heterocycles. The number of hydrogen-bond acceptors (Lipinski definition) is 3. The Morgan fingerprint density at radius 2 is 1.96 bits per heavy atom. The van der Waals surface area contributed by atoms with Gasteiger partial charge in [0, 0.05) is 4.47 Å². The summed E-state index contributed by atoms with van der Waals surface area (Å²) < 4.78 is 16.8. The van der Waals surface area contributed by atoms with Crippen molar-refractivity contribution in [2.75, 3.05) is 5.32 Å². The number of aromatic nitrogens is 2. The van der Waals surface area contributed by atoms with Gasteiger partial charge in [0.25, 0.3) is 0 Å². The van der Waals surface area contributed by atoms with Gasteiger partial charge in [-0.15, -0.1) is 0 Å². The Kier molecular flexibility index (Phi) is 3.83. The van der Waals surface area contributed by atoms with Gasteiger partial charge in [-0.3, -0.25) is 0 Å². The summed E-state index contributed by atoms with van der Waals surface area (Å²) in [6, 6.07) is 10.1. The molecule has 2 heterocycles. The van der Waals surface area contributed by atoms with E-state index < -0.39 is 5.82 Å². The van der Waals surface area contributed by atoms with Crippen molar-refractivity contribution < 1.29 is 4.39 Å². The number of fused-ring (bicyclic) bond motifs is 3. The molecule has 1 aromatic heterocycles. The van der Waals surface area contributed by atoms with Gasteiger partial charge in [-0.1, -0.05) is 45.2 Å². The van der Waals surface area contributed by atoms with Crippen molar-refractivity contribution >= 4 is 56.5 Å². The number of nitrogens with one attached hydrogen (secondary N) is 1. The van der Waals surface area contributed by atoms with Crippen LogP contribution in [-0.4, -0.2) is 15.6 Å². The van der Waals surface area contributed by atoms with Crippen LogP contribution in [0, 0.1) is 5.82 Å². The van der Waals surface area contributed by atoms with Crippen molar-refractivity contribution in [3.63, 3.8) is 0 Å². The smallest absolute Gasteiger partial charge is 0.176 e. The summed E-state index contributed by atoms with van der Waals surface area (Å²) in [5, 5.41) is 8.00. The molecule has 2 aromatic carbocycles. The molecule has 0 atom stereocenters. The quantitative estimate of drug-likeness (QED) is 0.552. The maximum Gasteiger partial charge on any atom is 0.176 e. The molecule has 0 fully saturated rings. The second kappa shape index (κ2) is 5.88. The van der Waals surface area contributed by atoms with Crippen LogP contribution in [-0.2, 0) is 0 Å². The maximum atomic E-state index is 14.3. The maximum absolute atomic E-state index is 14.3. The summed E-state index contributed by atoms with van der Waals surface area (Å²) in [5.41, 5.74) is 1.62. The molecule has 4 nitrogen and oxygen atoms in total. The van der Waals surface area contributed by atoms with Gasteiger partial charge in [-0.2, -0.15) is 5.10 Å². The van der Waals surface area contributed by atoms with Gasteiger partial charge in [-0.25, -0.2) is 14.1 Å². The Balaban J connectivity index is 2.01. The Morgan fingerprint density at radius 3 is 2.75 bits per heavy atom. The Morgan fingerprint density at radius 1 is 1.12 bits per heavy atom. The normalized spacial score (nSPS) is 12.8. The van der Waals surface area contributed by atoms with Gasteiger partial charge in [0.05, 0.1) is 28.2 Å².